The van der Waals surface area contributed by atoms with Crippen LogP contribution in [0.2, 0.25) is 0 Å². The van der Waals surface area contributed by atoms with Crippen molar-refractivity contribution < 1.29 is 5.11 Å². The number of anilines is 1. The minimum atomic E-state index is -0.0855. The van der Waals surface area contributed by atoms with Gasteiger partial charge in [-0.3, -0.25) is 4.98 Å². The Kier molecular flexibility index (Phi) is 5.15. The summed E-state index contributed by atoms with van der Waals surface area (Å²) in [7, 11) is 0. The predicted molar refractivity (Wildman–Crippen MR) is 131 cm³/mol. The van der Waals surface area contributed by atoms with Crippen molar-refractivity contribution in [3.8, 4) is 11.4 Å². The number of hydrogen-bond donors (Lipinski definition) is 2. The van der Waals surface area contributed by atoms with Crippen molar-refractivity contribution in [1.29, 1.82) is 0 Å². The Morgan fingerprint density at radius 3 is 2.31 bits per heavy atom. The van der Waals surface area contributed by atoms with Gasteiger partial charge in [-0.1, -0.05) is 24.3 Å². The lowest BCUT2D eigenvalue weighted by Gasteiger charge is -2.28. The highest BCUT2D eigenvalue weighted by Gasteiger charge is 2.42. The third-order valence-corrected chi connectivity index (χ3v) is 6.34. The highest BCUT2D eigenvalue weighted by molar-refractivity contribution is 7.80. The van der Waals surface area contributed by atoms with E-state index in [0.29, 0.717) is 5.11 Å². The predicted octanol–water partition coefficient (Wildman–Crippen LogP) is 5.37. The van der Waals surface area contributed by atoms with E-state index in [9.17, 15) is 5.11 Å². The summed E-state index contributed by atoms with van der Waals surface area (Å²) in [5.74, 6) is 0.257. The van der Waals surface area contributed by atoms with Crippen molar-refractivity contribution in [2.24, 2.45) is 0 Å². The van der Waals surface area contributed by atoms with E-state index in [1.807, 2.05) is 54.7 Å². The molecular weight excluding hydrogens is 416 g/mol. The van der Waals surface area contributed by atoms with Crippen LogP contribution in [0.3, 0.4) is 0 Å². The topological polar surface area (TPSA) is 53.3 Å². The molecule has 2 aromatic carbocycles. The van der Waals surface area contributed by atoms with E-state index < -0.39 is 0 Å². The van der Waals surface area contributed by atoms with Gasteiger partial charge in [-0.25, -0.2) is 0 Å². The van der Waals surface area contributed by atoms with E-state index in [-0.39, 0.29) is 17.8 Å². The van der Waals surface area contributed by atoms with Gasteiger partial charge >= 0.3 is 0 Å². The lowest BCUT2D eigenvalue weighted by molar-refractivity contribution is 0.475. The van der Waals surface area contributed by atoms with Gasteiger partial charge < -0.3 is 19.9 Å². The molecule has 0 amide bonds. The number of para-hydroxylation sites is 1. The fourth-order valence-electron chi connectivity index (χ4n) is 4.62. The third kappa shape index (κ3) is 3.42. The van der Waals surface area contributed by atoms with Gasteiger partial charge in [-0.15, -0.1) is 0 Å². The SMILES string of the molecule is Cc1cc([C@H]2[C@H](c3ccccn3)NC(=S)N2c2ccccc2)c(C)n1-c1ccc(O)cc1. The summed E-state index contributed by atoms with van der Waals surface area (Å²) in [5.41, 5.74) is 6.44. The lowest BCUT2D eigenvalue weighted by Crippen LogP contribution is -2.29. The molecule has 1 saturated heterocycles. The Morgan fingerprint density at radius 2 is 1.62 bits per heavy atom. The number of aromatic nitrogens is 2. The largest absolute Gasteiger partial charge is 0.508 e. The van der Waals surface area contributed by atoms with Crippen LogP contribution in [0.4, 0.5) is 5.69 Å². The number of benzene rings is 2. The molecule has 1 fully saturated rings. The van der Waals surface area contributed by atoms with Crippen LogP contribution in [0.5, 0.6) is 5.75 Å². The maximum atomic E-state index is 9.73. The smallest absolute Gasteiger partial charge is 0.174 e. The van der Waals surface area contributed by atoms with Crippen LogP contribution < -0.4 is 10.2 Å². The number of phenols is 1. The maximum absolute atomic E-state index is 9.73. The summed E-state index contributed by atoms with van der Waals surface area (Å²) < 4.78 is 2.22. The van der Waals surface area contributed by atoms with Crippen LogP contribution in [0.1, 0.15) is 34.7 Å². The second-order valence-electron chi connectivity index (χ2n) is 8.01. The molecule has 0 saturated carbocycles. The summed E-state index contributed by atoms with van der Waals surface area (Å²) in [6.45, 7) is 4.24. The molecule has 32 heavy (non-hydrogen) atoms. The number of thiocarbonyl (C=S) groups is 1. The molecule has 4 aromatic rings. The van der Waals surface area contributed by atoms with Gasteiger partial charge in [0.2, 0.25) is 0 Å². The Bertz CT molecular complexity index is 1250. The van der Waals surface area contributed by atoms with Crippen molar-refractivity contribution in [2.45, 2.75) is 25.9 Å². The molecule has 5 rings (SSSR count). The molecule has 2 atom stereocenters. The molecule has 0 spiro atoms. The summed E-state index contributed by atoms with van der Waals surface area (Å²) >= 11 is 5.82. The van der Waals surface area contributed by atoms with Crippen LogP contribution in [-0.2, 0) is 0 Å². The van der Waals surface area contributed by atoms with Gasteiger partial charge in [-0.05, 0) is 86.2 Å². The number of hydrogen-bond acceptors (Lipinski definition) is 3. The molecule has 1 aliphatic rings. The Labute approximate surface area is 193 Å². The first kappa shape index (κ1) is 20.3. The quantitative estimate of drug-likeness (QED) is 0.418. The highest BCUT2D eigenvalue weighted by atomic mass is 32.1. The number of phenolic OH excluding ortho intramolecular Hbond substituents is 1. The van der Waals surface area contributed by atoms with E-state index in [1.54, 1.807) is 12.1 Å². The van der Waals surface area contributed by atoms with E-state index in [1.165, 1.54) is 5.56 Å². The number of nitrogens with one attached hydrogen (secondary N) is 1. The van der Waals surface area contributed by atoms with Crippen LogP contribution in [-0.4, -0.2) is 19.8 Å². The molecule has 0 unspecified atom stereocenters. The Morgan fingerprint density at radius 1 is 0.906 bits per heavy atom. The first-order chi connectivity index (χ1) is 15.5. The zero-order valence-electron chi connectivity index (χ0n) is 17.9. The maximum Gasteiger partial charge on any atom is 0.174 e. The first-order valence-electron chi connectivity index (χ1n) is 10.6. The molecule has 5 nitrogen and oxygen atoms in total. The molecular formula is C26H24N4OS. The molecule has 0 bridgehead atoms. The standard InChI is InChI=1S/C26H24N4OS/c1-17-16-22(18(2)29(17)20-11-13-21(31)14-12-20)25-24(23-10-6-7-15-27-23)28-26(32)30(25)19-8-4-3-5-9-19/h3-16,24-25,31H,1-2H3,(H,28,32)/t24-,25-/m0/s1. The number of aromatic hydroxyl groups is 1. The van der Waals surface area contributed by atoms with Crippen LogP contribution in [0, 0.1) is 13.8 Å². The molecule has 0 aliphatic carbocycles. The van der Waals surface area contributed by atoms with E-state index >= 15 is 0 Å². The summed E-state index contributed by atoms with van der Waals surface area (Å²) in [4.78, 5) is 6.83. The van der Waals surface area contributed by atoms with Gasteiger partial charge in [0.05, 0.1) is 17.8 Å². The first-order valence-corrected chi connectivity index (χ1v) is 11.0. The number of pyridine rings is 1. The normalized spacial score (nSPS) is 18.1. The van der Waals surface area contributed by atoms with Gasteiger partial charge in [0.25, 0.3) is 0 Å². The summed E-state index contributed by atoms with van der Waals surface area (Å²) in [6, 6.07) is 25.6. The second-order valence-corrected chi connectivity index (χ2v) is 8.40. The molecule has 160 valence electrons. The van der Waals surface area contributed by atoms with Gasteiger partial charge in [0.15, 0.2) is 5.11 Å². The van der Waals surface area contributed by atoms with E-state index in [2.05, 4.69) is 51.8 Å². The fraction of sp³-hybridized carbons (Fsp3) is 0.154. The van der Waals surface area contributed by atoms with Crippen molar-refractivity contribution in [1.82, 2.24) is 14.9 Å². The second kappa shape index (κ2) is 8.13. The number of nitrogens with zero attached hydrogens (tertiary/aromatic N) is 3. The van der Waals surface area contributed by atoms with Crippen LogP contribution in [0.25, 0.3) is 5.69 Å². The van der Waals surface area contributed by atoms with Gasteiger partial charge in [0, 0.05) is 29.0 Å². The van der Waals surface area contributed by atoms with Gasteiger partial charge in [0.1, 0.15) is 5.75 Å². The summed E-state index contributed by atoms with van der Waals surface area (Å²) in [6.07, 6.45) is 1.82. The minimum absolute atomic E-state index is 0.0585. The molecule has 2 aromatic heterocycles. The summed E-state index contributed by atoms with van der Waals surface area (Å²) in [5, 5.41) is 13.9. The third-order valence-electron chi connectivity index (χ3n) is 6.03. The Balaban J connectivity index is 1.67. The molecule has 0 radical (unpaired) electrons. The molecule has 2 N–H and O–H groups in total. The van der Waals surface area contributed by atoms with Gasteiger partial charge in [-0.2, -0.15) is 0 Å². The van der Waals surface area contributed by atoms with Crippen molar-refractivity contribution in [3.05, 3.63) is 108 Å². The van der Waals surface area contributed by atoms with Crippen LogP contribution >= 0.6 is 12.2 Å². The minimum Gasteiger partial charge on any atom is -0.508 e. The molecule has 3 heterocycles. The average Bonchev–Trinajstić information content (AvgIpc) is 3.31. The van der Waals surface area contributed by atoms with E-state index in [0.717, 1.165) is 28.5 Å². The molecule has 6 heteroatoms. The average molecular weight is 441 g/mol. The molecule has 1 aliphatic heterocycles. The number of rotatable bonds is 4. The zero-order chi connectivity index (χ0) is 22.2. The Hall–Kier alpha value is -3.64. The van der Waals surface area contributed by atoms with Crippen molar-refractivity contribution >= 4 is 23.0 Å². The number of aryl methyl sites for hydroxylation is 1. The lowest BCUT2D eigenvalue weighted by atomic mass is 9.96. The fourth-order valence-corrected chi connectivity index (χ4v) is 4.97. The van der Waals surface area contributed by atoms with Crippen LogP contribution in [0.15, 0.2) is 85.1 Å². The van der Waals surface area contributed by atoms with Crippen molar-refractivity contribution in [2.75, 3.05) is 4.90 Å². The zero-order valence-corrected chi connectivity index (χ0v) is 18.8. The highest BCUT2D eigenvalue weighted by Crippen LogP contribution is 2.43. The van der Waals surface area contributed by atoms with Crippen molar-refractivity contribution in [3.63, 3.8) is 0 Å². The van der Waals surface area contributed by atoms with E-state index in [4.69, 9.17) is 12.2 Å². The monoisotopic (exact) mass is 440 g/mol.